The van der Waals surface area contributed by atoms with Crippen molar-refractivity contribution in [3.05, 3.63) is 65.3 Å². The number of quaternary nitrogens is 1. The molecule has 0 saturated heterocycles. The van der Waals surface area contributed by atoms with Crippen LogP contribution in [-0.4, -0.2) is 64.0 Å². The van der Waals surface area contributed by atoms with Crippen molar-refractivity contribution < 1.29 is 28.3 Å². The van der Waals surface area contributed by atoms with Gasteiger partial charge in [-0.3, -0.25) is 14.6 Å². The van der Waals surface area contributed by atoms with Gasteiger partial charge in [0.1, 0.15) is 11.8 Å². The highest BCUT2D eigenvalue weighted by Crippen LogP contribution is 2.46. The number of aromatic amines is 1. The van der Waals surface area contributed by atoms with Crippen molar-refractivity contribution in [3.8, 4) is 11.4 Å². The number of anilines is 1. The van der Waals surface area contributed by atoms with E-state index in [1.165, 1.54) is 93.0 Å². The number of nitrogens with zero attached hydrogens (tertiary/aromatic N) is 3. The predicted octanol–water partition coefficient (Wildman–Crippen LogP) is 8.22. The zero-order valence-corrected chi connectivity index (χ0v) is 37.4. The van der Waals surface area contributed by atoms with Crippen LogP contribution in [0.1, 0.15) is 155 Å². The lowest BCUT2D eigenvalue weighted by molar-refractivity contribution is -0.912. The van der Waals surface area contributed by atoms with Crippen LogP contribution in [0.4, 0.5) is 5.69 Å². The number of benzene rings is 1. The monoisotopic (exact) mass is 843 g/mol. The summed E-state index contributed by atoms with van der Waals surface area (Å²) in [6, 6.07) is 6.93. The molecule has 4 N–H and O–H groups in total. The molecule has 0 radical (unpaired) electrons. The highest BCUT2D eigenvalue weighted by Gasteiger charge is 2.45. The Labute approximate surface area is 358 Å². The van der Waals surface area contributed by atoms with Gasteiger partial charge in [-0.1, -0.05) is 117 Å². The standard InChI is InChI=1S/C48H70N6O5S/c1-5-6-7-8-9-14-31-60(58,59)52-36-25-23-35(24-26-36)46-49-47-42(45(48(2,3)4)50-54(47)51-46)41-43(56)40(44(41)57)38-28-27-37(32-39(38)55)53(29-15-21-33-17-10-11-18-33)30-16-22-34-19-12-13-20-34/h23-28,32-34,37-38,40,50,52,55-56H,5-22,29-31H2,1-4H3. The lowest BCUT2D eigenvalue weighted by atomic mass is 9.69. The van der Waals surface area contributed by atoms with Crippen molar-refractivity contribution in [1.82, 2.24) is 19.8 Å². The molecule has 3 aromatic rings. The van der Waals surface area contributed by atoms with Gasteiger partial charge in [0.15, 0.2) is 17.3 Å². The van der Waals surface area contributed by atoms with Gasteiger partial charge in [0, 0.05) is 40.2 Å². The summed E-state index contributed by atoms with van der Waals surface area (Å²) in [7, 11) is -3.47. The van der Waals surface area contributed by atoms with Crippen LogP contribution in [0.15, 0.2) is 54.0 Å². The van der Waals surface area contributed by atoms with Crippen molar-refractivity contribution in [2.45, 2.75) is 155 Å². The van der Waals surface area contributed by atoms with Crippen molar-refractivity contribution in [3.63, 3.8) is 0 Å². The fraction of sp³-hybridized carbons (Fsp3) is 0.646. The SMILES string of the molecule is CCCCCCCCS(=O)(=O)Nc1ccc(-c2nc3c(C4=C([O-])C(C5C=CC([NH+](CCCC6CCCC6)CCCC6CCCC6)C=C5O)C4=O)c(C(C)(C)C)[nH]n3n2)cc1. The number of ketones is 1. The maximum absolute atomic E-state index is 14.2. The summed E-state index contributed by atoms with van der Waals surface area (Å²) in [5, 5.41) is 33.7. The molecular formula is C48H70N6O5S. The second-order valence-corrected chi connectivity index (χ2v) is 21.2. The van der Waals surface area contributed by atoms with Crippen molar-refractivity contribution in [2.75, 3.05) is 23.6 Å². The number of hydrogen-bond donors (Lipinski definition) is 4. The molecule has 60 heavy (non-hydrogen) atoms. The predicted molar refractivity (Wildman–Crippen MR) is 238 cm³/mol. The molecule has 7 rings (SSSR count). The fourth-order valence-corrected chi connectivity index (χ4v) is 11.5. The maximum atomic E-state index is 14.2. The minimum atomic E-state index is -3.47. The zero-order chi connectivity index (χ0) is 42.4. The molecule has 2 aromatic heterocycles. The summed E-state index contributed by atoms with van der Waals surface area (Å²) in [6.45, 7) is 10.3. The summed E-state index contributed by atoms with van der Waals surface area (Å²) < 4.78 is 29.7. The molecular weight excluding hydrogens is 773 g/mol. The molecule has 11 nitrogen and oxygen atoms in total. The van der Waals surface area contributed by atoms with Gasteiger partial charge in [-0.2, -0.15) is 4.63 Å². The Morgan fingerprint density at radius 2 is 1.52 bits per heavy atom. The van der Waals surface area contributed by atoms with Crippen molar-refractivity contribution in [2.24, 2.45) is 23.7 Å². The zero-order valence-electron chi connectivity index (χ0n) is 36.6. The number of sulfonamides is 1. The van der Waals surface area contributed by atoms with Gasteiger partial charge in [-0.25, -0.2) is 13.4 Å². The van der Waals surface area contributed by atoms with Crippen molar-refractivity contribution >= 4 is 32.7 Å². The Kier molecular flexibility index (Phi) is 14.3. The molecule has 0 bridgehead atoms. The molecule has 2 heterocycles. The van der Waals surface area contributed by atoms with Gasteiger partial charge in [0.05, 0.1) is 30.1 Å². The van der Waals surface area contributed by atoms with E-state index in [4.69, 9.17) is 4.98 Å². The van der Waals surface area contributed by atoms with E-state index in [-0.39, 0.29) is 34.7 Å². The molecule has 0 spiro atoms. The average molecular weight is 843 g/mol. The number of aromatic nitrogens is 4. The number of unbranched alkanes of at least 4 members (excludes halogenated alkanes) is 5. The molecule has 4 aliphatic rings. The number of Topliss-reactive ketones (excluding diaryl/α,β-unsaturated/α-hetero) is 1. The summed E-state index contributed by atoms with van der Waals surface area (Å²) in [4.78, 5) is 20.5. The molecule has 3 unspecified atom stereocenters. The second-order valence-electron chi connectivity index (χ2n) is 19.4. The molecule has 12 heteroatoms. The average Bonchev–Trinajstić information content (AvgIpc) is 4.04. The number of aliphatic hydroxyl groups excluding tert-OH is 1. The van der Waals surface area contributed by atoms with Crippen LogP contribution in [0.3, 0.4) is 0 Å². The topological polar surface area (TPSA) is 157 Å². The first kappa shape index (κ1) is 44.2. The maximum Gasteiger partial charge on any atom is 0.232 e. The Balaban J connectivity index is 1.05. The van der Waals surface area contributed by atoms with E-state index in [0.29, 0.717) is 40.4 Å². The Bertz CT molecular complexity index is 2110. The minimum Gasteiger partial charge on any atom is -0.874 e. The number of allylic oxidation sites excluding steroid dienone is 3. The molecule has 0 aliphatic heterocycles. The van der Waals surface area contributed by atoms with Crippen LogP contribution in [0.2, 0.25) is 0 Å². The number of hydrogen-bond acceptors (Lipinski definition) is 7. The molecule has 1 aromatic carbocycles. The Hall–Kier alpha value is -3.90. The van der Waals surface area contributed by atoms with E-state index in [1.807, 2.05) is 32.9 Å². The van der Waals surface area contributed by atoms with Gasteiger partial charge >= 0.3 is 0 Å². The van der Waals surface area contributed by atoms with E-state index in [2.05, 4.69) is 27.9 Å². The Morgan fingerprint density at radius 1 is 0.900 bits per heavy atom. The number of carbonyl (C=O) groups excluding carboxylic acids is 1. The third-order valence-corrected chi connectivity index (χ3v) is 15.1. The van der Waals surface area contributed by atoms with E-state index in [0.717, 1.165) is 50.6 Å². The third kappa shape index (κ3) is 10.4. The lowest BCUT2D eigenvalue weighted by Crippen LogP contribution is -3.15. The van der Waals surface area contributed by atoms with E-state index < -0.39 is 27.3 Å². The largest absolute Gasteiger partial charge is 0.874 e. The molecule has 2 fully saturated rings. The summed E-state index contributed by atoms with van der Waals surface area (Å²) in [6.07, 6.45) is 27.8. The Morgan fingerprint density at radius 3 is 2.10 bits per heavy atom. The number of H-pyrrole nitrogens is 1. The minimum absolute atomic E-state index is 0.0210. The first-order valence-electron chi connectivity index (χ1n) is 23.3. The van der Waals surface area contributed by atoms with Crippen LogP contribution < -0.4 is 14.7 Å². The number of carbonyl (C=O) groups is 1. The molecule has 2 saturated carbocycles. The van der Waals surface area contributed by atoms with Crippen molar-refractivity contribution in [1.29, 1.82) is 0 Å². The van der Waals surface area contributed by atoms with Gasteiger partial charge in [0.2, 0.25) is 10.0 Å². The van der Waals surface area contributed by atoms with Gasteiger partial charge in [0.25, 0.3) is 0 Å². The number of fused-ring (bicyclic) bond motifs is 1. The number of aliphatic hydroxyl groups is 1. The lowest BCUT2D eigenvalue weighted by Gasteiger charge is -2.41. The van der Waals surface area contributed by atoms with Crippen LogP contribution in [0.5, 0.6) is 0 Å². The van der Waals surface area contributed by atoms with Gasteiger partial charge < -0.3 is 15.1 Å². The summed E-state index contributed by atoms with van der Waals surface area (Å²) >= 11 is 0. The number of rotatable bonds is 21. The molecule has 0 amide bonds. The molecule has 328 valence electrons. The van der Waals surface area contributed by atoms with E-state index >= 15 is 0 Å². The van der Waals surface area contributed by atoms with Crippen LogP contribution in [0, 0.1) is 23.7 Å². The van der Waals surface area contributed by atoms with Gasteiger partial charge in [-0.15, -0.1) is 10.9 Å². The summed E-state index contributed by atoms with van der Waals surface area (Å²) in [5.41, 5.74) is 2.27. The van der Waals surface area contributed by atoms with E-state index in [9.17, 15) is 23.4 Å². The van der Waals surface area contributed by atoms with Crippen LogP contribution >= 0.6 is 0 Å². The first-order chi connectivity index (χ1) is 28.8. The third-order valence-electron chi connectivity index (χ3n) is 13.8. The second kappa shape index (κ2) is 19.4. The van der Waals surface area contributed by atoms with Gasteiger partial charge in [-0.05, 0) is 74.3 Å². The molecule has 4 aliphatic carbocycles. The highest BCUT2D eigenvalue weighted by molar-refractivity contribution is 7.92. The smallest absolute Gasteiger partial charge is 0.232 e. The van der Waals surface area contributed by atoms with Crippen LogP contribution in [0.25, 0.3) is 22.6 Å². The molecule has 3 atom stereocenters. The van der Waals surface area contributed by atoms with Crippen LogP contribution in [-0.2, 0) is 20.2 Å². The quantitative estimate of drug-likeness (QED) is 0.0622. The summed E-state index contributed by atoms with van der Waals surface area (Å²) in [5.74, 6) is 0.0259. The first-order valence-corrected chi connectivity index (χ1v) is 25.0. The highest BCUT2D eigenvalue weighted by atomic mass is 32.2. The normalized spacial score (nSPS) is 21.8. The number of nitrogens with one attached hydrogen (secondary N) is 3. The fourth-order valence-electron chi connectivity index (χ4n) is 10.3. The van der Waals surface area contributed by atoms with E-state index in [1.54, 1.807) is 24.3 Å².